The molecule has 2 N–H and O–H groups in total. The molecule has 0 radical (unpaired) electrons. The van der Waals surface area contributed by atoms with E-state index in [4.69, 9.17) is 4.74 Å². The van der Waals surface area contributed by atoms with Crippen LogP contribution in [0.15, 0.2) is 36.9 Å². The Hall–Kier alpha value is -2.25. The lowest BCUT2D eigenvalue weighted by molar-refractivity contribution is -0.123. The molecule has 0 aromatic carbocycles. The van der Waals surface area contributed by atoms with E-state index < -0.39 is 0 Å². The van der Waals surface area contributed by atoms with Crippen LogP contribution in [0.1, 0.15) is 12.5 Å². The predicted octanol–water partition coefficient (Wildman–Crippen LogP) is 0.642. The standard InChI is InChI=1S/C15H19N5O2/c1-11-14(17-6-7-22-11)15(21)19-13-8-18-20(10-13)9-12-2-4-16-5-3-12/h2-5,8,10-11,14,17H,6-7,9H2,1H3,(H,19,21)/t11-,14+/m1/s1. The number of amides is 1. The first kappa shape index (κ1) is 14.7. The van der Waals surface area contributed by atoms with E-state index in [1.807, 2.05) is 25.3 Å². The number of carbonyl (C=O) groups is 1. The molecule has 2 aromatic heterocycles. The lowest BCUT2D eigenvalue weighted by Crippen LogP contribution is -2.53. The molecule has 1 aliphatic heterocycles. The van der Waals surface area contributed by atoms with Crippen molar-refractivity contribution in [3.63, 3.8) is 0 Å². The van der Waals surface area contributed by atoms with Crippen molar-refractivity contribution in [3.05, 3.63) is 42.5 Å². The van der Waals surface area contributed by atoms with E-state index in [0.717, 1.165) is 5.56 Å². The van der Waals surface area contributed by atoms with Crippen molar-refractivity contribution in [2.75, 3.05) is 18.5 Å². The number of hydrogen-bond acceptors (Lipinski definition) is 5. The summed E-state index contributed by atoms with van der Waals surface area (Å²) < 4.78 is 7.26. The van der Waals surface area contributed by atoms with Gasteiger partial charge in [-0.25, -0.2) is 0 Å². The zero-order chi connectivity index (χ0) is 15.4. The summed E-state index contributed by atoms with van der Waals surface area (Å²) in [5, 5.41) is 10.3. The van der Waals surface area contributed by atoms with E-state index in [0.29, 0.717) is 25.4 Å². The van der Waals surface area contributed by atoms with Crippen molar-refractivity contribution < 1.29 is 9.53 Å². The van der Waals surface area contributed by atoms with Crippen LogP contribution in [0.2, 0.25) is 0 Å². The van der Waals surface area contributed by atoms with Crippen LogP contribution in [-0.2, 0) is 16.1 Å². The summed E-state index contributed by atoms with van der Waals surface area (Å²) in [7, 11) is 0. The van der Waals surface area contributed by atoms with E-state index in [1.165, 1.54) is 0 Å². The molecule has 1 aliphatic rings. The number of carbonyl (C=O) groups excluding carboxylic acids is 1. The third-order valence-electron chi connectivity index (χ3n) is 3.59. The highest BCUT2D eigenvalue weighted by Gasteiger charge is 2.28. The number of nitrogens with one attached hydrogen (secondary N) is 2. The molecule has 0 aliphatic carbocycles. The molecule has 0 bridgehead atoms. The van der Waals surface area contributed by atoms with Gasteiger partial charge in [0.2, 0.25) is 5.91 Å². The fourth-order valence-electron chi connectivity index (χ4n) is 2.44. The van der Waals surface area contributed by atoms with Gasteiger partial charge in [-0.05, 0) is 24.6 Å². The van der Waals surface area contributed by atoms with Gasteiger partial charge in [-0.1, -0.05) is 0 Å². The van der Waals surface area contributed by atoms with Gasteiger partial charge in [0.15, 0.2) is 0 Å². The van der Waals surface area contributed by atoms with Gasteiger partial charge in [-0.2, -0.15) is 5.10 Å². The number of morpholine rings is 1. The van der Waals surface area contributed by atoms with Crippen LogP contribution in [0, 0.1) is 0 Å². The highest BCUT2D eigenvalue weighted by atomic mass is 16.5. The second-order valence-corrected chi connectivity index (χ2v) is 5.28. The maximum absolute atomic E-state index is 12.2. The van der Waals surface area contributed by atoms with Crippen LogP contribution in [0.5, 0.6) is 0 Å². The number of aromatic nitrogens is 3. The largest absolute Gasteiger partial charge is 0.375 e. The maximum atomic E-state index is 12.2. The predicted molar refractivity (Wildman–Crippen MR) is 81.4 cm³/mol. The molecule has 116 valence electrons. The van der Waals surface area contributed by atoms with Gasteiger partial charge in [-0.15, -0.1) is 0 Å². The van der Waals surface area contributed by atoms with E-state index in [2.05, 4.69) is 20.7 Å². The summed E-state index contributed by atoms with van der Waals surface area (Å²) in [6.45, 7) is 3.85. The molecule has 0 saturated carbocycles. The van der Waals surface area contributed by atoms with Crippen LogP contribution >= 0.6 is 0 Å². The molecule has 0 spiro atoms. The number of nitrogens with zero attached hydrogens (tertiary/aromatic N) is 3. The van der Waals surface area contributed by atoms with Gasteiger partial charge in [0.25, 0.3) is 0 Å². The van der Waals surface area contributed by atoms with Gasteiger partial charge in [0, 0.05) is 25.1 Å². The lowest BCUT2D eigenvalue weighted by Gasteiger charge is -2.29. The SMILES string of the molecule is C[C@H]1OCCN[C@@H]1C(=O)Nc1cnn(Cc2ccncc2)c1. The third kappa shape index (κ3) is 3.49. The normalized spacial score (nSPS) is 21.5. The average molecular weight is 301 g/mol. The van der Waals surface area contributed by atoms with Gasteiger partial charge < -0.3 is 15.4 Å². The van der Waals surface area contributed by atoms with Gasteiger partial charge in [0.1, 0.15) is 6.04 Å². The number of ether oxygens (including phenoxy) is 1. The van der Waals surface area contributed by atoms with Gasteiger partial charge >= 0.3 is 0 Å². The molecule has 1 saturated heterocycles. The van der Waals surface area contributed by atoms with Gasteiger partial charge in [-0.3, -0.25) is 14.5 Å². The zero-order valence-electron chi connectivity index (χ0n) is 12.4. The van der Waals surface area contributed by atoms with E-state index in [1.54, 1.807) is 23.3 Å². The fraction of sp³-hybridized carbons (Fsp3) is 0.400. The molecule has 1 amide bonds. The Morgan fingerprint density at radius 3 is 3.09 bits per heavy atom. The number of hydrogen-bond donors (Lipinski definition) is 2. The van der Waals surface area contributed by atoms with Crippen molar-refractivity contribution in [1.29, 1.82) is 0 Å². The Bertz CT molecular complexity index is 628. The molecular weight excluding hydrogens is 282 g/mol. The first-order valence-electron chi connectivity index (χ1n) is 7.29. The van der Waals surface area contributed by atoms with E-state index >= 15 is 0 Å². The summed E-state index contributed by atoms with van der Waals surface area (Å²) in [6.07, 6.45) is 6.82. The van der Waals surface area contributed by atoms with Crippen molar-refractivity contribution >= 4 is 11.6 Å². The minimum atomic E-state index is -0.336. The first-order valence-corrected chi connectivity index (χ1v) is 7.29. The summed E-state index contributed by atoms with van der Waals surface area (Å²) >= 11 is 0. The molecule has 3 heterocycles. The quantitative estimate of drug-likeness (QED) is 0.866. The molecule has 3 rings (SSSR count). The van der Waals surface area contributed by atoms with Crippen molar-refractivity contribution in [1.82, 2.24) is 20.1 Å². The first-order chi connectivity index (χ1) is 10.7. The average Bonchev–Trinajstić information content (AvgIpc) is 2.95. The Morgan fingerprint density at radius 2 is 2.32 bits per heavy atom. The van der Waals surface area contributed by atoms with Crippen molar-refractivity contribution in [3.8, 4) is 0 Å². The summed E-state index contributed by atoms with van der Waals surface area (Å²) in [4.78, 5) is 16.2. The summed E-state index contributed by atoms with van der Waals surface area (Å²) in [5.74, 6) is -0.101. The monoisotopic (exact) mass is 301 g/mol. The topological polar surface area (TPSA) is 81.1 Å². The number of rotatable bonds is 4. The summed E-state index contributed by atoms with van der Waals surface area (Å²) in [6, 6.07) is 3.54. The van der Waals surface area contributed by atoms with Crippen LogP contribution < -0.4 is 10.6 Å². The minimum absolute atomic E-state index is 0.101. The van der Waals surface area contributed by atoms with E-state index in [9.17, 15) is 4.79 Å². The smallest absolute Gasteiger partial charge is 0.244 e. The second kappa shape index (κ2) is 6.67. The summed E-state index contributed by atoms with van der Waals surface area (Å²) in [5.41, 5.74) is 1.78. The van der Waals surface area contributed by atoms with Crippen LogP contribution in [0.4, 0.5) is 5.69 Å². The van der Waals surface area contributed by atoms with Crippen LogP contribution in [0.25, 0.3) is 0 Å². The maximum Gasteiger partial charge on any atom is 0.244 e. The molecule has 22 heavy (non-hydrogen) atoms. The molecule has 7 heteroatoms. The lowest BCUT2D eigenvalue weighted by atomic mass is 10.1. The Morgan fingerprint density at radius 1 is 1.50 bits per heavy atom. The number of pyridine rings is 1. The highest BCUT2D eigenvalue weighted by Crippen LogP contribution is 2.11. The number of anilines is 1. The molecule has 2 aromatic rings. The molecule has 0 unspecified atom stereocenters. The van der Waals surface area contributed by atoms with Gasteiger partial charge in [0.05, 0.1) is 31.1 Å². The second-order valence-electron chi connectivity index (χ2n) is 5.28. The highest BCUT2D eigenvalue weighted by molar-refractivity contribution is 5.95. The Balaban J connectivity index is 1.60. The van der Waals surface area contributed by atoms with Crippen molar-refractivity contribution in [2.24, 2.45) is 0 Å². The third-order valence-corrected chi connectivity index (χ3v) is 3.59. The minimum Gasteiger partial charge on any atom is -0.375 e. The molecular formula is C15H19N5O2. The fourth-order valence-corrected chi connectivity index (χ4v) is 2.44. The van der Waals surface area contributed by atoms with Crippen molar-refractivity contribution in [2.45, 2.75) is 25.6 Å². The molecule has 2 atom stereocenters. The van der Waals surface area contributed by atoms with Crippen LogP contribution in [-0.4, -0.2) is 46.0 Å². The van der Waals surface area contributed by atoms with Crippen LogP contribution in [0.3, 0.4) is 0 Å². The molecule has 7 nitrogen and oxygen atoms in total. The Labute approximate surface area is 128 Å². The van der Waals surface area contributed by atoms with E-state index in [-0.39, 0.29) is 18.1 Å². The Kier molecular flexibility index (Phi) is 4.45. The zero-order valence-corrected chi connectivity index (χ0v) is 12.4. The molecule has 1 fully saturated rings.